The summed E-state index contributed by atoms with van der Waals surface area (Å²) < 4.78 is 0. The second-order valence-corrected chi connectivity index (χ2v) is 0. The maximum absolute atomic E-state index is 0. The van der Waals surface area contributed by atoms with E-state index in [1.54, 1.807) is 0 Å². The van der Waals surface area contributed by atoms with Crippen LogP contribution in [0, 0.1) is 0 Å². The van der Waals surface area contributed by atoms with Crippen LogP contribution in [0.3, 0.4) is 0 Å². The molecule has 0 bridgehead atoms. The molecule has 0 fully saturated rings. The standard InChI is InChI=1S/Al.H2O.O.Zn/h;1H2;;/q+3;;-2;+2/p-1. The molecule has 0 aromatic heterocycles. The predicted octanol–water partition coefficient (Wildman–Crippen LogP) is -0.679. The quantitative estimate of drug-likeness (QED) is 0.396. The first-order valence-corrected chi connectivity index (χ1v) is 0. The van der Waals surface area contributed by atoms with Gasteiger partial charge in [0.2, 0.25) is 0 Å². The first-order valence-electron chi connectivity index (χ1n) is 0. The van der Waals surface area contributed by atoms with Gasteiger partial charge in [-0.25, -0.2) is 0 Å². The average molecular weight is 125 g/mol. The molecule has 0 spiro atoms. The van der Waals surface area contributed by atoms with Crippen molar-refractivity contribution in [3.8, 4) is 0 Å². The minimum atomic E-state index is 0. The van der Waals surface area contributed by atoms with Gasteiger partial charge in [-0.1, -0.05) is 0 Å². The molecule has 0 saturated heterocycles. The molecule has 0 saturated carbocycles. The van der Waals surface area contributed by atoms with Gasteiger partial charge in [0.25, 0.3) is 0 Å². The van der Waals surface area contributed by atoms with Gasteiger partial charge in [-0.3, -0.25) is 0 Å². The van der Waals surface area contributed by atoms with Crippen molar-refractivity contribution in [3.63, 3.8) is 0 Å². The Kier molecular flexibility index (Phi) is 607. The Labute approximate surface area is 48.1 Å². The van der Waals surface area contributed by atoms with Crippen molar-refractivity contribution in [3.05, 3.63) is 0 Å². The fourth-order valence-electron chi connectivity index (χ4n) is 0. The van der Waals surface area contributed by atoms with Gasteiger partial charge in [0.15, 0.2) is 0 Å². The van der Waals surface area contributed by atoms with Crippen molar-refractivity contribution in [1.82, 2.24) is 0 Å². The molecular formula is HAlO2Zn+2. The van der Waals surface area contributed by atoms with Crippen molar-refractivity contribution >= 4 is 17.4 Å². The van der Waals surface area contributed by atoms with E-state index < -0.39 is 0 Å². The van der Waals surface area contributed by atoms with Gasteiger partial charge < -0.3 is 11.0 Å². The molecule has 0 aromatic rings. The van der Waals surface area contributed by atoms with E-state index in [-0.39, 0.29) is 47.8 Å². The van der Waals surface area contributed by atoms with Crippen LogP contribution in [0.5, 0.6) is 0 Å². The van der Waals surface area contributed by atoms with Crippen LogP contribution in [0.25, 0.3) is 0 Å². The van der Waals surface area contributed by atoms with Gasteiger partial charge in [0.05, 0.1) is 0 Å². The zero-order valence-electron chi connectivity index (χ0n) is 2.14. The average Bonchev–Trinajstić information content (AvgIpc) is 0. The van der Waals surface area contributed by atoms with E-state index in [9.17, 15) is 0 Å². The smallest absolute Gasteiger partial charge is 2.00 e. The molecule has 0 atom stereocenters. The van der Waals surface area contributed by atoms with Crippen molar-refractivity contribution in [2.75, 3.05) is 0 Å². The molecule has 0 amide bonds. The second kappa shape index (κ2) is 33.3. The molecule has 0 aromatic carbocycles. The van der Waals surface area contributed by atoms with Gasteiger partial charge in [0.1, 0.15) is 0 Å². The maximum Gasteiger partial charge on any atom is 3.00 e. The molecule has 4 heteroatoms. The Morgan fingerprint density at radius 2 is 1.00 bits per heavy atom. The first kappa shape index (κ1) is 72.9. The van der Waals surface area contributed by atoms with E-state index in [2.05, 4.69) is 0 Å². The molecule has 0 heterocycles. The third-order valence-corrected chi connectivity index (χ3v) is 0. The molecule has 4 heavy (non-hydrogen) atoms. The first-order chi connectivity index (χ1) is 0. The molecular weight excluding hydrogens is 124 g/mol. The Morgan fingerprint density at radius 3 is 1.00 bits per heavy atom. The Morgan fingerprint density at radius 1 is 1.00 bits per heavy atom. The molecule has 16 valence electrons. The summed E-state index contributed by atoms with van der Waals surface area (Å²) in [6.07, 6.45) is 0. The van der Waals surface area contributed by atoms with Gasteiger partial charge in [0, 0.05) is 0 Å². The van der Waals surface area contributed by atoms with Crippen molar-refractivity contribution in [2.45, 2.75) is 0 Å². The van der Waals surface area contributed by atoms with Crippen molar-refractivity contribution in [1.29, 1.82) is 0 Å². The molecule has 0 aliphatic carbocycles. The van der Waals surface area contributed by atoms with Crippen LogP contribution in [0.1, 0.15) is 0 Å². The van der Waals surface area contributed by atoms with E-state index >= 15 is 0 Å². The zero-order valence-corrected chi connectivity index (χ0v) is 6.26. The third kappa shape index (κ3) is 11.5. The summed E-state index contributed by atoms with van der Waals surface area (Å²) in [5.41, 5.74) is 0. The van der Waals surface area contributed by atoms with Gasteiger partial charge in [-0.05, 0) is 0 Å². The van der Waals surface area contributed by atoms with Crippen LogP contribution in [0.4, 0.5) is 0 Å². The number of hydrogen-bond acceptors (Lipinski definition) is 1. The monoisotopic (exact) mass is 124 g/mol. The summed E-state index contributed by atoms with van der Waals surface area (Å²) >= 11 is 0. The largest absolute Gasteiger partial charge is 3.00 e. The van der Waals surface area contributed by atoms with Crippen molar-refractivity contribution in [2.24, 2.45) is 0 Å². The van der Waals surface area contributed by atoms with Crippen LogP contribution in [0.2, 0.25) is 0 Å². The number of rotatable bonds is 0. The predicted molar refractivity (Wildman–Crippen MR) is 8.38 cm³/mol. The minimum Gasteiger partial charge on any atom is -2.00 e. The SMILES string of the molecule is [Al+3].[O-2].[OH-].[Zn+2]. The molecule has 1 N–H and O–H groups in total. The molecule has 0 rings (SSSR count). The summed E-state index contributed by atoms with van der Waals surface area (Å²) in [4.78, 5) is 0. The zero-order chi connectivity index (χ0) is 0. The van der Waals surface area contributed by atoms with Crippen LogP contribution >= 0.6 is 0 Å². The van der Waals surface area contributed by atoms with E-state index in [1.165, 1.54) is 0 Å². The molecule has 0 radical (unpaired) electrons. The summed E-state index contributed by atoms with van der Waals surface area (Å²) in [6, 6.07) is 0. The van der Waals surface area contributed by atoms with Crippen LogP contribution in [-0.2, 0) is 25.0 Å². The Balaban J connectivity index is 0. The Bertz CT molecular complexity index is 6.00. The van der Waals surface area contributed by atoms with Gasteiger partial charge in [-0.2, -0.15) is 0 Å². The van der Waals surface area contributed by atoms with Crippen LogP contribution in [0.15, 0.2) is 0 Å². The fraction of sp³-hybridized carbons (Fsp3) is 0. The van der Waals surface area contributed by atoms with Gasteiger partial charge in [-0.15, -0.1) is 0 Å². The number of hydrogen-bond donors (Lipinski definition) is 0. The Hall–Kier alpha value is 1.08. The second-order valence-electron chi connectivity index (χ2n) is 0. The molecule has 2 nitrogen and oxygen atoms in total. The summed E-state index contributed by atoms with van der Waals surface area (Å²) in [7, 11) is 0. The van der Waals surface area contributed by atoms with Crippen molar-refractivity contribution < 1.29 is 30.4 Å². The van der Waals surface area contributed by atoms with E-state index in [4.69, 9.17) is 0 Å². The summed E-state index contributed by atoms with van der Waals surface area (Å²) in [5.74, 6) is 0. The van der Waals surface area contributed by atoms with E-state index in [0.29, 0.717) is 0 Å². The normalized spacial score (nSPS) is 0. The van der Waals surface area contributed by atoms with E-state index in [1.807, 2.05) is 0 Å². The third-order valence-electron chi connectivity index (χ3n) is 0. The van der Waals surface area contributed by atoms with Crippen LogP contribution in [-0.4, -0.2) is 22.8 Å². The van der Waals surface area contributed by atoms with Gasteiger partial charge >= 0.3 is 36.8 Å². The maximum atomic E-state index is 0. The molecule has 0 unspecified atom stereocenters. The van der Waals surface area contributed by atoms with Crippen LogP contribution < -0.4 is 0 Å². The molecule has 0 aliphatic heterocycles. The summed E-state index contributed by atoms with van der Waals surface area (Å²) in [5, 5.41) is 0. The fourth-order valence-corrected chi connectivity index (χ4v) is 0. The minimum absolute atomic E-state index is 0. The topological polar surface area (TPSA) is 58.5 Å². The molecule has 0 aliphatic rings. The summed E-state index contributed by atoms with van der Waals surface area (Å²) in [6.45, 7) is 0. The van der Waals surface area contributed by atoms with E-state index in [0.717, 1.165) is 0 Å².